The first-order valence-electron chi connectivity index (χ1n) is 5.76. The first-order chi connectivity index (χ1) is 7.70. The molecule has 0 aromatic heterocycles. The zero-order valence-electron chi connectivity index (χ0n) is 10.9. The van der Waals surface area contributed by atoms with E-state index in [1.807, 2.05) is 0 Å². The smallest absolute Gasteiger partial charge is 0.312 e. The van der Waals surface area contributed by atoms with Crippen LogP contribution in [0.15, 0.2) is 0 Å². The number of nitrogens with two attached hydrogens (primary N) is 2. The van der Waals surface area contributed by atoms with Gasteiger partial charge in [-0.15, -0.1) is 0 Å². The van der Waals surface area contributed by atoms with Gasteiger partial charge in [0.05, 0.1) is 0 Å². The summed E-state index contributed by atoms with van der Waals surface area (Å²) in [6.45, 7) is 6.95. The molecular formula is C11H24N4O2. The van der Waals surface area contributed by atoms with Crippen LogP contribution in [0, 0.1) is 5.41 Å². The molecule has 0 fully saturated rings. The molecular weight excluding hydrogens is 220 g/mol. The zero-order chi connectivity index (χ0) is 13.5. The van der Waals surface area contributed by atoms with Crippen LogP contribution in [0.3, 0.4) is 0 Å². The Morgan fingerprint density at radius 1 is 1.18 bits per heavy atom. The van der Waals surface area contributed by atoms with E-state index in [-0.39, 0.29) is 17.4 Å². The molecule has 17 heavy (non-hydrogen) atoms. The minimum atomic E-state index is -0.594. The first-order valence-corrected chi connectivity index (χ1v) is 5.76. The number of rotatable bonds is 6. The highest BCUT2D eigenvalue weighted by atomic mass is 16.2. The summed E-state index contributed by atoms with van der Waals surface area (Å²) in [6, 6.07) is -0.734. The predicted octanol–water partition coefficient (Wildman–Crippen LogP) is -0.0755. The Bertz CT molecular complexity index is 261. The van der Waals surface area contributed by atoms with E-state index < -0.39 is 6.03 Å². The van der Waals surface area contributed by atoms with Crippen molar-refractivity contribution in [3.8, 4) is 0 Å². The summed E-state index contributed by atoms with van der Waals surface area (Å²) in [5.41, 5.74) is 10.9. The number of hydrogen-bond acceptors (Lipinski definition) is 3. The van der Waals surface area contributed by atoms with Gasteiger partial charge >= 0.3 is 6.03 Å². The van der Waals surface area contributed by atoms with Crippen LogP contribution in [0.25, 0.3) is 0 Å². The molecule has 100 valence electrons. The molecule has 0 aliphatic rings. The Balaban J connectivity index is 3.68. The Morgan fingerprint density at radius 3 is 2.18 bits per heavy atom. The lowest BCUT2D eigenvalue weighted by molar-refractivity contribution is -0.121. The topological polar surface area (TPSA) is 110 Å². The fraction of sp³-hybridized carbons (Fsp3) is 0.818. The number of carbonyl (C=O) groups excluding carboxylic acids is 2. The van der Waals surface area contributed by atoms with Crippen LogP contribution in [0.5, 0.6) is 0 Å². The average molecular weight is 244 g/mol. The third kappa shape index (κ3) is 11.0. The lowest BCUT2D eigenvalue weighted by atomic mass is 9.87. The van der Waals surface area contributed by atoms with Gasteiger partial charge in [0.1, 0.15) is 0 Å². The largest absolute Gasteiger partial charge is 0.354 e. The molecule has 6 nitrogen and oxygen atoms in total. The fourth-order valence-electron chi connectivity index (χ4n) is 1.56. The van der Waals surface area contributed by atoms with Gasteiger partial charge in [0.2, 0.25) is 5.91 Å². The molecule has 0 aromatic rings. The van der Waals surface area contributed by atoms with Crippen molar-refractivity contribution in [2.24, 2.45) is 16.9 Å². The van der Waals surface area contributed by atoms with Crippen molar-refractivity contribution in [2.45, 2.75) is 39.7 Å². The van der Waals surface area contributed by atoms with E-state index in [0.717, 1.165) is 6.42 Å². The molecule has 0 heterocycles. The van der Waals surface area contributed by atoms with E-state index in [4.69, 9.17) is 11.5 Å². The SMILES string of the molecule is CC(C)(C)CC(N)CC(=O)NCCNC(N)=O. The van der Waals surface area contributed by atoms with Crippen LogP contribution in [0.2, 0.25) is 0 Å². The molecule has 0 aliphatic heterocycles. The second-order valence-electron chi connectivity index (χ2n) is 5.37. The van der Waals surface area contributed by atoms with E-state index in [1.54, 1.807) is 0 Å². The first kappa shape index (κ1) is 15.7. The van der Waals surface area contributed by atoms with Crippen molar-refractivity contribution in [3.63, 3.8) is 0 Å². The Labute approximate surface area is 102 Å². The molecule has 0 saturated carbocycles. The van der Waals surface area contributed by atoms with Crippen LogP contribution in [0.1, 0.15) is 33.6 Å². The van der Waals surface area contributed by atoms with Gasteiger partial charge in [-0.1, -0.05) is 20.8 Å². The molecule has 6 N–H and O–H groups in total. The standard InChI is InChI=1S/C11H24N4O2/c1-11(2,3)7-8(12)6-9(16)14-4-5-15-10(13)17/h8H,4-7,12H2,1-3H3,(H,14,16)(H3,13,15,17). The van der Waals surface area contributed by atoms with Gasteiger partial charge in [0, 0.05) is 25.6 Å². The third-order valence-corrected chi connectivity index (χ3v) is 2.07. The summed E-state index contributed by atoms with van der Waals surface area (Å²) in [5.74, 6) is -0.104. The highest BCUT2D eigenvalue weighted by Crippen LogP contribution is 2.20. The molecule has 0 spiro atoms. The van der Waals surface area contributed by atoms with Crippen LogP contribution >= 0.6 is 0 Å². The number of urea groups is 1. The van der Waals surface area contributed by atoms with E-state index in [2.05, 4.69) is 31.4 Å². The Morgan fingerprint density at radius 2 is 1.71 bits per heavy atom. The minimum absolute atomic E-state index is 0.104. The maximum atomic E-state index is 11.4. The van der Waals surface area contributed by atoms with Crippen molar-refractivity contribution in [2.75, 3.05) is 13.1 Å². The minimum Gasteiger partial charge on any atom is -0.354 e. The lowest BCUT2D eigenvalue weighted by Crippen LogP contribution is -2.39. The predicted molar refractivity (Wildman–Crippen MR) is 67.3 cm³/mol. The number of nitrogens with one attached hydrogen (secondary N) is 2. The molecule has 0 bridgehead atoms. The number of amides is 3. The van der Waals surface area contributed by atoms with Crippen molar-refractivity contribution in [1.29, 1.82) is 0 Å². The van der Waals surface area contributed by atoms with Crippen LogP contribution in [0.4, 0.5) is 4.79 Å². The molecule has 6 heteroatoms. The van der Waals surface area contributed by atoms with Crippen molar-refractivity contribution < 1.29 is 9.59 Å². The second kappa shape index (κ2) is 7.11. The van der Waals surface area contributed by atoms with Crippen LogP contribution in [-0.4, -0.2) is 31.1 Å². The summed E-state index contributed by atoms with van der Waals surface area (Å²) in [5, 5.41) is 5.05. The molecule has 1 unspecified atom stereocenters. The lowest BCUT2D eigenvalue weighted by Gasteiger charge is -2.22. The van der Waals surface area contributed by atoms with E-state index in [0.29, 0.717) is 19.5 Å². The van der Waals surface area contributed by atoms with E-state index >= 15 is 0 Å². The molecule has 0 saturated heterocycles. The third-order valence-electron chi connectivity index (χ3n) is 2.07. The summed E-state index contributed by atoms with van der Waals surface area (Å²) < 4.78 is 0. The molecule has 0 aromatic carbocycles. The van der Waals surface area contributed by atoms with Crippen molar-refractivity contribution in [1.82, 2.24) is 10.6 Å². The van der Waals surface area contributed by atoms with Crippen LogP contribution in [-0.2, 0) is 4.79 Å². The highest BCUT2D eigenvalue weighted by molar-refractivity contribution is 5.76. The summed E-state index contributed by atoms with van der Waals surface area (Å²) in [7, 11) is 0. The van der Waals surface area contributed by atoms with E-state index in [1.165, 1.54) is 0 Å². The van der Waals surface area contributed by atoms with Gasteiger partial charge in [0.15, 0.2) is 0 Å². The molecule has 0 radical (unpaired) electrons. The second-order valence-corrected chi connectivity index (χ2v) is 5.37. The van der Waals surface area contributed by atoms with Gasteiger partial charge in [0.25, 0.3) is 0 Å². The van der Waals surface area contributed by atoms with Gasteiger partial charge in [-0.25, -0.2) is 4.79 Å². The maximum Gasteiger partial charge on any atom is 0.312 e. The zero-order valence-corrected chi connectivity index (χ0v) is 10.9. The van der Waals surface area contributed by atoms with Crippen molar-refractivity contribution >= 4 is 11.9 Å². The number of primary amides is 1. The average Bonchev–Trinajstić information content (AvgIpc) is 2.08. The maximum absolute atomic E-state index is 11.4. The van der Waals surface area contributed by atoms with Gasteiger partial charge in [-0.2, -0.15) is 0 Å². The van der Waals surface area contributed by atoms with Crippen LogP contribution < -0.4 is 22.1 Å². The monoisotopic (exact) mass is 244 g/mol. The quantitative estimate of drug-likeness (QED) is 0.491. The Kier molecular flexibility index (Phi) is 6.57. The molecule has 1 atom stereocenters. The van der Waals surface area contributed by atoms with Gasteiger partial charge in [-0.05, 0) is 11.8 Å². The van der Waals surface area contributed by atoms with Gasteiger partial charge < -0.3 is 22.1 Å². The molecule has 0 aliphatic carbocycles. The van der Waals surface area contributed by atoms with Crippen molar-refractivity contribution in [3.05, 3.63) is 0 Å². The Hall–Kier alpha value is -1.30. The van der Waals surface area contributed by atoms with Gasteiger partial charge in [-0.3, -0.25) is 4.79 Å². The summed E-state index contributed by atoms with van der Waals surface area (Å²) in [4.78, 5) is 21.8. The molecule has 0 rings (SSSR count). The fourth-order valence-corrected chi connectivity index (χ4v) is 1.56. The number of carbonyl (C=O) groups is 2. The summed E-state index contributed by atoms with van der Waals surface area (Å²) in [6.07, 6.45) is 1.09. The molecule has 3 amide bonds. The normalized spacial score (nSPS) is 12.9. The summed E-state index contributed by atoms with van der Waals surface area (Å²) >= 11 is 0. The highest BCUT2D eigenvalue weighted by Gasteiger charge is 2.17. The van der Waals surface area contributed by atoms with E-state index in [9.17, 15) is 9.59 Å². The number of hydrogen-bond donors (Lipinski definition) is 4.